The lowest BCUT2D eigenvalue weighted by Gasteiger charge is -2.10. The first kappa shape index (κ1) is 14.2. The highest BCUT2D eigenvalue weighted by Gasteiger charge is 2.03. The molecule has 0 saturated heterocycles. The van der Waals surface area contributed by atoms with Gasteiger partial charge in [0, 0.05) is 6.07 Å². The second-order valence-corrected chi connectivity index (χ2v) is 4.40. The van der Waals surface area contributed by atoms with Crippen molar-refractivity contribution in [1.82, 2.24) is 0 Å². The smallest absolute Gasteiger partial charge is 0.138 e. The van der Waals surface area contributed by atoms with Crippen molar-refractivity contribution in [2.45, 2.75) is 39.5 Å². The highest BCUT2D eigenvalue weighted by molar-refractivity contribution is 6.32. The highest BCUT2D eigenvalue weighted by Crippen LogP contribution is 2.29. The average Bonchev–Trinajstić information content (AvgIpc) is 2.32. The molecule has 0 atom stereocenters. The fourth-order valence-corrected chi connectivity index (χ4v) is 1.57. The predicted octanol–water partition coefficient (Wildman–Crippen LogP) is 4.70. The van der Waals surface area contributed by atoms with Crippen LogP contribution < -0.4 is 9.47 Å². The molecule has 0 amide bonds. The topological polar surface area (TPSA) is 18.5 Å². The molecular formula is C14H21ClO2. The molecule has 0 unspecified atom stereocenters. The van der Waals surface area contributed by atoms with Crippen LogP contribution in [0, 0.1) is 0 Å². The van der Waals surface area contributed by atoms with Crippen LogP contribution in [-0.4, -0.2) is 13.2 Å². The first-order valence-electron chi connectivity index (χ1n) is 6.33. The molecule has 3 heteroatoms. The maximum atomic E-state index is 6.12. The second kappa shape index (κ2) is 8.24. The monoisotopic (exact) mass is 256 g/mol. The van der Waals surface area contributed by atoms with Crippen LogP contribution in [0.4, 0.5) is 0 Å². The Balaban J connectivity index is 2.47. The Hall–Kier alpha value is -0.890. The van der Waals surface area contributed by atoms with Crippen LogP contribution in [0.3, 0.4) is 0 Å². The van der Waals surface area contributed by atoms with Crippen molar-refractivity contribution in [3.8, 4) is 11.5 Å². The molecule has 0 bridgehead atoms. The highest BCUT2D eigenvalue weighted by atomic mass is 35.5. The van der Waals surface area contributed by atoms with Crippen LogP contribution in [0.15, 0.2) is 18.2 Å². The fourth-order valence-electron chi connectivity index (χ4n) is 1.35. The maximum absolute atomic E-state index is 6.12. The third kappa shape index (κ3) is 5.31. The van der Waals surface area contributed by atoms with Gasteiger partial charge < -0.3 is 9.47 Å². The normalized spacial score (nSPS) is 10.3. The molecule has 0 aromatic heterocycles. The van der Waals surface area contributed by atoms with Crippen molar-refractivity contribution >= 4 is 11.6 Å². The Bertz CT molecular complexity index is 326. The summed E-state index contributed by atoms with van der Waals surface area (Å²) in [5.41, 5.74) is 0. The van der Waals surface area contributed by atoms with E-state index in [9.17, 15) is 0 Å². The van der Waals surface area contributed by atoms with Gasteiger partial charge in [-0.15, -0.1) is 0 Å². The Morgan fingerprint density at radius 3 is 2.24 bits per heavy atom. The summed E-state index contributed by atoms with van der Waals surface area (Å²) in [6.07, 6.45) is 4.36. The van der Waals surface area contributed by atoms with Gasteiger partial charge in [0.15, 0.2) is 0 Å². The standard InChI is InChI=1S/C14H21ClO2/c1-3-5-9-16-12-7-8-14(13(15)11-12)17-10-6-4-2/h7-8,11H,3-6,9-10H2,1-2H3. The first-order chi connectivity index (χ1) is 8.27. The third-order valence-corrected chi connectivity index (χ3v) is 2.72. The number of benzene rings is 1. The number of halogens is 1. The molecular weight excluding hydrogens is 236 g/mol. The Morgan fingerprint density at radius 1 is 1.00 bits per heavy atom. The number of rotatable bonds is 8. The lowest BCUT2D eigenvalue weighted by Crippen LogP contribution is -1.99. The van der Waals surface area contributed by atoms with Crippen molar-refractivity contribution in [3.05, 3.63) is 23.2 Å². The number of hydrogen-bond donors (Lipinski definition) is 0. The van der Waals surface area contributed by atoms with E-state index < -0.39 is 0 Å². The molecule has 0 aliphatic rings. The van der Waals surface area contributed by atoms with E-state index in [1.165, 1.54) is 0 Å². The maximum Gasteiger partial charge on any atom is 0.138 e. The largest absolute Gasteiger partial charge is 0.494 e. The van der Waals surface area contributed by atoms with Crippen LogP contribution in [0.2, 0.25) is 5.02 Å². The molecule has 0 spiro atoms. The minimum atomic E-state index is 0.620. The van der Waals surface area contributed by atoms with Gasteiger partial charge in [0.25, 0.3) is 0 Å². The number of hydrogen-bond acceptors (Lipinski definition) is 2. The van der Waals surface area contributed by atoms with Gasteiger partial charge in [0.05, 0.1) is 18.2 Å². The van der Waals surface area contributed by atoms with Gasteiger partial charge in [-0.2, -0.15) is 0 Å². The molecule has 0 heterocycles. The van der Waals surface area contributed by atoms with Crippen molar-refractivity contribution < 1.29 is 9.47 Å². The van der Waals surface area contributed by atoms with Gasteiger partial charge in [0.2, 0.25) is 0 Å². The number of unbranched alkanes of at least 4 members (excludes halogenated alkanes) is 2. The van der Waals surface area contributed by atoms with E-state index in [0.29, 0.717) is 11.6 Å². The summed E-state index contributed by atoms with van der Waals surface area (Å²) in [7, 11) is 0. The lowest BCUT2D eigenvalue weighted by molar-refractivity contribution is 0.301. The minimum absolute atomic E-state index is 0.620. The van der Waals surface area contributed by atoms with Crippen molar-refractivity contribution in [3.63, 3.8) is 0 Å². The summed E-state index contributed by atoms with van der Waals surface area (Å²) in [4.78, 5) is 0. The first-order valence-corrected chi connectivity index (χ1v) is 6.70. The van der Waals surface area contributed by atoms with E-state index in [1.807, 2.05) is 18.2 Å². The molecule has 0 saturated carbocycles. The molecule has 0 N–H and O–H groups in total. The zero-order chi connectivity index (χ0) is 12.5. The van der Waals surface area contributed by atoms with Gasteiger partial charge in [-0.25, -0.2) is 0 Å². The van der Waals surface area contributed by atoms with Crippen molar-refractivity contribution in [2.24, 2.45) is 0 Å². The van der Waals surface area contributed by atoms with E-state index >= 15 is 0 Å². The Kier molecular flexibility index (Phi) is 6.87. The van der Waals surface area contributed by atoms with Crippen LogP contribution in [-0.2, 0) is 0 Å². The molecule has 0 aliphatic carbocycles. The molecule has 0 aliphatic heterocycles. The van der Waals surface area contributed by atoms with E-state index in [-0.39, 0.29) is 0 Å². The van der Waals surface area contributed by atoms with Gasteiger partial charge in [0.1, 0.15) is 11.5 Å². The van der Waals surface area contributed by atoms with Gasteiger partial charge >= 0.3 is 0 Å². The molecule has 1 aromatic carbocycles. The van der Waals surface area contributed by atoms with Gasteiger partial charge in [-0.05, 0) is 25.0 Å². The van der Waals surface area contributed by atoms with E-state index in [2.05, 4.69) is 13.8 Å². The Morgan fingerprint density at radius 2 is 1.65 bits per heavy atom. The third-order valence-electron chi connectivity index (χ3n) is 2.43. The van der Waals surface area contributed by atoms with E-state index in [4.69, 9.17) is 21.1 Å². The number of ether oxygens (including phenoxy) is 2. The summed E-state index contributed by atoms with van der Waals surface area (Å²) in [5, 5.41) is 0.620. The zero-order valence-corrected chi connectivity index (χ0v) is 11.4. The SMILES string of the molecule is CCCCOc1ccc(OCCCC)c(Cl)c1. The zero-order valence-electron chi connectivity index (χ0n) is 10.7. The predicted molar refractivity (Wildman–Crippen MR) is 72.3 cm³/mol. The van der Waals surface area contributed by atoms with Crippen molar-refractivity contribution in [1.29, 1.82) is 0 Å². The van der Waals surface area contributed by atoms with Gasteiger partial charge in [-0.1, -0.05) is 38.3 Å². The van der Waals surface area contributed by atoms with Crippen LogP contribution in [0.25, 0.3) is 0 Å². The Labute approximate surface area is 109 Å². The molecule has 0 radical (unpaired) electrons. The van der Waals surface area contributed by atoms with Crippen LogP contribution in [0.5, 0.6) is 11.5 Å². The quantitative estimate of drug-likeness (QED) is 0.628. The van der Waals surface area contributed by atoms with E-state index in [0.717, 1.165) is 43.8 Å². The van der Waals surface area contributed by atoms with E-state index in [1.54, 1.807) is 0 Å². The minimum Gasteiger partial charge on any atom is -0.494 e. The molecule has 96 valence electrons. The van der Waals surface area contributed by atoms with Gasteiger partial charge in [-0.3, -0.25) is 0 Å². The van der Waals surface area contributed by atoms with Crippen molar-refractivity contribution in [2.75, 3.05) is 13.2 Å². The molecule has 1 rings (SSSR count). The summed E-state index contributed by atoms with van der Waals surface area (Å²) >= 11 is 6.12. The average molecular weight is 257 g/mol. The second-order valence-electron chi connectivity index (χ2n) is 4.00. The molecule has 0 fully saturated rings. The summed E-state index contributed by atoms with van der Waals surface area (Å²) in [5.74, 6) is 1.55. The molecule has 1 aromatic rings. The van der Waals surface area contributed by atoms with Crippen LogP contribution >= 0.6 is 11.6 Å². The van der Waals surface area contributed by atoms with Crippen LogP contribution in [0.1, 0.15) is 39.5 Å². The molecule has 2 nitrogen and oxygen atoms in total. The fraction of sp³-hybridized carbons (Fsp3) is 0.571. The summed E-state index contributed by atoms with van der Waals surface area (Å²) < 4.78 is 11.1. The summed E-state index contributed by atoms with van der Waals surface area (Å²) in [6, 6.07) is 5.60. The summed E-state index contributed by atoms with van der Waals surface area (Å²) in [6.45, 7) is 5.73. The molecule has 17 heavy (non-hydrogen) atoms. The lowest BCUT2D eigenvalue weighted by atomic mass is 10.3.